The van der Waals surface area contributed by atoms with Crippen molar-refractivity contribution < 1.29 is 84.0 Å². The Morgan fingerprint density at radius 1 is 0.667 bits per heavy atom. The third kappa shape index (κ3) is 5.95. The maximum absolute atomic E-state index is 12.8. The second kappa shape index (κ2) is 12.1. The van der Waals surface area contributed by atoms with Gasteiger partial charge >= 0.3 is 11.9 Å². The molecular formula is C27H26O18. The SMILES string of the molecule is O=C(O)[C@H]1O[C@@H](Oc2ccc(-c3cc(=O)c4c(O)cc(O)cc4o3)cc2O[C@@H]2O[C@@H](C(=O)O)[C@@H](O)[C@H](O)[C@@H]2O)[C@H](O)[C@@H](O)[C@@H]1O. The summed E-state index contributed by atoms with van der Waals surface area (Å²) in [5.74, 6) is -5.52. The van der Waals surface area contributed by atoms with E-state index in [0.29, 0.717) is 0 Å². The van der Waals surface area contributed by atoms with Crippen LogP contribution in [-0.4, -0.2) is 124 Å². The average Bonchev–Trinajstić information content (AvgIpc) is 2.97. The second-order valence-electron chi connectivity index (χ2n) is 10.2. The van der Waals surface area contributed by atoms with E-state index in [2.05, 4.69) is 0 Å². The van der Waals surface area contributed by atoms with Crippen LogP contribution in [0.3, 0.4) is 0 Å². The zero-order valence-corrected chi connectivity index (χ0v) is 22.5. The van der Waals surface area contributed by atoms with Gasteiger partial charge < -0.3 is 74.4 Å². The van der Waals surface area contributed by atoms with Crippen LogP contribution in [0.4, 0.5) is 0 Å². The number of hydrogen-bond acceptors (Lipinski definition) is 16. The Bertz CT molecular complexity index is 1670. The van der Waals surface area contributed by atoms with E-state index in [-0.39, 0.29) is 22.3 Å². The highest BCUT2D eigenvalue weighted by Gasteiger charge is 2.50. The number of hydrogen-bond donors (Lipinski definition) is 10. The number of phenolic OH excluding ortho intramolecular Hbond substituents is 2. The van der Waals surface area contributed by atoms with Crippen molar-refractivity contribution >= 4 is 22.9 Å². The molecule has 45 heavy (non-hydrogen) atoms. The van der Waals surface area contributed by atoms with E-state index in [1.54, 1.807) is 0 Å². The van der Waals surface area contributed by atoms with Gasteiger partial charge in [0.2, 0.25) is 12.6 Å². The van der Waals surface area contributed by atoms with Crippen molar-refractivity contribution in [3.8, 4) is 34.3 Å². The van der Waals surface area contributed by atoms with Crippen molar-refractivity contribution in [2.45, 2.75) is 61.4 Å². The predicted molar refractivity (Wildman–Crippen MR) is 141 cm³/mol. The van der Waals surface area contributed by atoms with Gasteiger partial charge in [-0.1, -0.05) is 0 Å². The minimum absolute atomic E-state index is 0.0174. The first-order valence-corrected chi connectivity index (χ1v) is 13.0. The quantitative estimate of drug-likeness (QED) is 0.127. The van der Waals surface area contributed by atoms with E-state index in [0.717, 1.165) is 30.3 Å². The molecule has 0 unspecified atom stereocenters. The third-order valence-electron chi connectivity index (χ3n) is 7.14. The number of benzene rings is 2. The van der Waals surface area contributed by atoms with Gasteiger partial charge in [-0.25, -0.2) is 9.59 Å². The molecule has 0 spiro atoms. The Balaban J connectivity index is 1.57. The number of phenols is 2. The minimum atomic E-state index is -2.08. The number of fused-ring (bicyclic) bond motifs is 1. The summed E-state index contributed by atoms with van der Waals surface area (Å²) in [7, 11) is 0. The number of rotatable bonds is 7. The molecule has 2 saturated heterocycles. The average molecular weight is 638 g/mol. The molecule has 0 aliphatic carbocycles. The Morgan fingerprint density at radius 3 is 1.73 bits per heavy atom. The van der Waals surface area contributed by atoms with E-state index < -0.39 is 102 Å². The number of carboxylic acids is 2. The van der Waals surface area contributed by atoms with Crippen LogP contribution in [0, 0.1) is 0 Å². The Kier molecular flexibility index (Phi) is 8.58. The highest BCUT2D eigenvalue weighted by Crippen LogP contribution is 2.38. The van der Waals surface area contributed by atoms with Crippen LogP contribution in [0.15, 0.2) is 45.6 Å². The predicted octanol–water partition coefficient (Wildman–Crippen LogP) is -2.59. The number of ether oxygens (including phenoxy) is 4. The Labute approximate surface area is 249 Å². The lowest BCUT2D eigenvalue weighted by Gasteiger charge is -2.39. The third-order valence-corrected chi connectivity index (χ3v) is 7.14. The summed E-state index contributed by atoms with van der Waals surface area (Å²) in [6, 6.07) is 6.39. The van der Waals surface area contributed by atoms with Crippen LogP contribution in [0.5, 0.6) is 23.0 Å². The highest BCUT2D eigenvalue weighted by molar-refractivity contribution is 5.86. The lowest BCUT2D eigenvalue weighted by molar-refractivity contribution is -0.276. The first-order chi connectivity index (χ1) is 21.2. The fourth-order valence-electron chi connectivity index (χ4n) is 4.80. The number of aromatic hydroxyl groups is 2. The molecule has 0 amide bonds. The van der Waals surface area contributed by atoms with Crippen molar-refractivity contribution in [2.24, 2.45) is 0 Å². The van der Waals surface area contributed by atoms with Gasteiger partial charge in [-0.05, 0) is 18.2 Å². The molecule has 2 fully saturated rings. The summed E-state index contributed by atoms with van der Waals surface area (Å²) >= 11 is 0. The van der Waals surface area contributed by atoms with Crippen LogP contribution in [0.1, 0.15) is 0 Å². The number of carboxylic acid groups (broad SMARTS) is 2. The van der Waals surface area contributed by atoms with Crippen molar-refractivity contribution in [2.75, 3.05) is 0 Å². The molecule has 2 aliphatic rings. The Morgan fingerprint density at radius 2 is 1.20 bits per heavy atom. The number of carbonyl (C=O) groups is 2. The lowest BCUT2D eigenvalue weighted by Crippen LogP contribution is -2.61. The van der Waals surface area contributed by atoms with Gasteiger partial charge in [0.15, 0.2) is 29.1 Å². The fourth-order valence-corrected chi connectivity index (χ4v) is 4.80. The molecule has 5 rings (SSSR count). The van der Waals surface area contributed by atoms with E-state index in [9.17, 15) is 65.4 Å². The van der Waals surface area contributed by atoms with E-state index in [1.807, 2.05) is 0 Å². The molecule has 0 radical (unpaired) electrons. The monoisotopic (exact) mass is 638 g/mol. The lowest BCUT2D eigenvalue weighted by atomic mass is 9.99. The van der Waals surface area contributed by atoms with Gasteiger partial charge in [-0.15, -0.1) is 0 Å². The summed E-state index contributed by atoms with van der Waals surface area (Å²) < 4.78 is 27.1. The van der Waals surface area contributed by atoms with E-state index >= 15 is 0 Å². The minimum Gasteiger partial charge on any atom is -0.508 e. The molecule has 3 heterocycles. The summed E-state index contributed by atoms with van der Waals surface area (Å²) in [5.41, 5.74) is -0.940. The van der Waals surface area contributed by atoms with Crippen LogP contribution >= 0.6 is 0 Å². The smallest absolute Gasteiger partial charge is 0.335 e. The Hall–Kier alpha value is -4.53. The van der Waals surface area contributed by atoms with Gasteiger partial charge in [0.05, 0.1) is 0 Å². The molecule has 2 aliphatic heterocycles. The van der Waals surface area contributed by atoms with Crippen molar-refractivity contribution in [1.29, 1.82) is 0 Å². The molecule has 3 aromatic rings. The van der Waals surface area contributed by atoms with E-state index in [4.69, 9.17) is 23.4 Å². The fraction of sp³-hybridized carbons (Fsp3) is 0.370. The summed E-state index contributed by atoms with van der Waals surface area (Å²) in [6.07, 6.45) is -20.4. The van der Waals surface area contributed by atoms with Gasteiger partial charge in [0.1, 0.15) is 64.9 Å². The maximum Gasteiger partial charge on any atom is 0.335 e. The van der Waals surface area contributed by atoms with Gasteiger partial charge in [-0.2, -0.15) is 0 Å². The van der Waals surface area contributed by atoms with Crippen LogP contribution < -0.4 is 14.9 Å². The molecule has 242 valence electrons. The van der Waals surface area contributed by atoms with Crippen molar-refractivity contribution in [1.82, 2.24) is 0 Å². The highest BCUT2D eigenvalue weighted by atomic mass is 16.7. The summed E-state index contributed by atoms with van der Waals surface area (Å²) in [5, 5.41) is 99.7. The van der Waals surface area contributed by atoms with E-state index in [1.165, 1.54) is 6.07 Å². The first kappa shape index (κ1) is 31.9. The number of aliphatic carboxylic acids is 2. The molecule has 2 aromatic carbocycles. The maximum atomic E-state index is 12.8. The topological polar surface area (TPSA) is 304 Å². The van der Waals surface area contributed by atoms with Crippen molar-refractivity contribution in [3.63, 3.8) is 0 Å². The normalized spacial score (nSPS) is 31.8. The number of aliphatic hydroxyl groups excluding tert-OH is 6. The van der Waals surface area contributed by atoms with Crippen molar-refractivity contribution in [3.05, 3.63) is 46.6 Å². The van der Waals surface area contributed by atoms with Crippen LogP contribution in [0.25, 0.3) is 22.3 Å². The van der Waals surface area contributed by atoms with Crippen LogP contribution in [0.2, 0.25) is 0 Å². The molecule has 0 saturated carbocycles. The second-order valence-corrected chi connectivity index (χ2v) is 10.2. The molecule has 10 N–H and O–H groups in total. The molecule has 10 atom stereocenters. The van der Waals surface area contributed by atoms with Crippen LogP contribution in [-0.2, 0) is 19.1 Å². The standard InChI is InChI=1S/C27H26O18/c28-8-4-9(29)15-10(30)6-12(41-14(15)5-8)7-1-2-11(42-26-20(35)16(31)18(33)22(44-26)24(37)38)13(3-7)43-27-21(36)17(32)19(34)23(45-27)25(39)40/h1-6,16-23,26-29,31-36H,(H,37,38)(H,39,40)/t16-,17-,18-,19-,20+,21-,22-,23+,26+,27+/m0/s1. The molecular weight excluding hydrogens is 612 g/mol. The van der Waals surface area contributed by atoms with Gasteiger partial charge in [0, 0.05) is 23.8 Å². The molecule has 1 aromatic heterocycles. The van der Waals surface area contributed by atoms with Gasteiger partial charge in [0.25, 0.3) is 0 Å². The molecule has 18 heteroatoms. The zero-order valence-electron chi connectivity index (χ0n) is 22.5. The van der Waals surface area contributed by atoms with Gasteiger partial charge in [-0.3, -0.25) is 4.79 Å². The largest absolute Gasteiger partial charge is 0.508 e. The molecule has 18 nitrogen and oxygen atoms in total. The number of aliphatic hydroxyl groups is 6. The molecule has 0 bridgehead atoms. The zero-order chi connectivity index (χ0) is 32.9. The summed E-state index contributed by atoms with van der Waals surface area (Å²) in [4.78, 5) is 35.9. The first-order valence-electron chi connectivity index (χ1n) is 13.0. The summed E-state index contributed by atoms with van der Waals surface area (Å²) in [6.45, 7) is 0.